The van der Waals surface area contributed by atoms with E-state index in [-0.39, 0.29) is 24.6 Å². The van der Waals surface area contributed by atoms with E-state index in [2.05, 4.69) is 15.5 Å². The van der Waals surface area contributed by atoms with E-state index in [1.54, 1.807) is 6.07 Å². The number of carboxylic acid groups (broad SMARTS) is 1. The summed E-state index contributed by atoms with van der Waals surface area (Å²) in [5, 5.41) is 18.1. The maximum absolute atomic E-state index is 11.9. The molecule has 0 fully saturated rings. The molecule has 1 amide bonds. The second-order valence-electron chi connectivity index (χ2n) is 4.51. The number of carboxylic acids is 1. The predicted molar refractivity (Wildman–Crippen MR) is 78.6 cm³/mol. The summed E-state index contributed by atoms with van der Waals surface area (Å²) < 4.78 is 5.14. The third-order valence-electron chi connectivity index (χ3n) is 2.99. The molecule has 8 heteroatoms. The Morgan fingerprint density at radius 2 is 2.14 bits per heavy atom. The molecule has 2 N–H and O–H groups in total. The summed E-state index contributed by atoms with van der Waals surface area (Å²) in [4.78, 5) is 26.6. The summed E-state index contributed by atoms with van der Waals surface area (Å²) in [5.74, 6) is -1.31. The van der Waals surface area contributed by atoms with Crippen LogP contribution in [-0.4, -0.2) is 27.1 Å². The van der Waals surface area contributed by atoms with Gasteiger partial charge in [0.05, 0.1) is 13.0 Å². The van der Waals surface area contributed by atoms with Crippen LogP contribution in [0.3, 0.4) is 0 Å². The average molecular weight is 317 g/mol. The molecule has 0 saturated carbocycles. The van der Waals surface area contributed by atoms with Crippen molar-refractivity contribution < 1.29 is 19.2 Å². The first kappa shape index (κ1) is 14.2. The van der Waals surface area contributed by atoms with Crippen molar-refractivity contribution in [3.8, 4) is 0 Å². The Balaban J connectivity index is 1.61. The molecule has 0 saturated heterocycles. The number of nitrogens with zero attached hydrogens (tertiary/aromatic N) is 2. The normalized spacial score (nSPS) is 10.7. The summed E-state index contributed by atoms with van der Waals surface area (Å²) in [7, 11) is 0. The largest absolute Gasteiger partial charge is 0.476 e. The zero-order chi connectivity index (χ0) is 15.5. The Kier molecular flexibility index (Phi) is 3.84. The van der Waals surface area contributed by atoms with Gasteiger partial charge in [0.15, 0.2) is 11.3 Å². The minimum Gasteiger partial charge on any atom is -0.476 e. The monoisotopic (exact) mass is 317 g/mol. The quantitative estimate of drug-likeness (QED) is 0.744. The molecule has 0 unspecified atom stereocenters. The second-order valence-corrected chi connectivity index (χ2v) is 5.45. The summed E-state index contributed by atoms with van der Waals surface area (Å²) in [6.07, 6.45) is 0.0914. The molecule has 0 radical (unpaired) electrons. The number of amides is 1. The van der Waals surface area contributed by atoms with Gasteiger partial charge in [-0.15, -0.1) is 11.3 Å². The molecule has 0 aliphatic rings. The number of carbonyl (C=O) groups excluding carboxylic acids is 1. The van der Waals surface area contributed by atoms with E-state index < -0.39 is 5.97 Å². The van der Waals surface area contributed by atoms with Crippen molar-refractivity contribution in [2.75, 3.05) is 0 Å². The van der Waals surface area contributed by atoms with E-state index >= 15 is 0 Å². The van der Waals surface area contributed by atoms with E-state index in [1.165, 1.54) is 16.7 Å². The van der Waals surface area contributed by atoms with Gasteiger partial charge in [0.1, 0.15) is 10.7 Å². The second kappa shape index (κ2) is 5.94. The Morgan fingerprint density at radius 1 is 1.32 bits per heavy atom. The number of carbonyl (C=O) groups is 2. The fourth-order valence-electron chi connectivity index (χ4n) is 1.94. The molecule has 0 aliphatic carbocycles. The van der Waals surface area contributed by atoms with E-state index in [1.807, 2.05) is 18.2 Å². The topological polar surface area (TPSA) is 105 Å². The van der Waals surface area contributed by atoms with Crippen LogP contribution in [-0.2, 0) is 17.8 Å². The molecule has 22 heavy (non-hydrogen) atoms. The summed E-state index contributed by atoms with van der Waals surface area (Å²) in [5.41, 5.74) is 1.19. The number of rotatable bonds is 5. The standard InChI is InChI=1S/C14H11N3O4S/c18-12(15-6-13-16-10(7-22-13)14(19)20)5-9-8-3-1-2-4-11(8)21-17-9/h1-4,7H,5-6H2,(H,15,18)(H,19,20). The molecule has 1 aromatic carbocycles. The Labute approximate surface area is 128 Å². The number of hydrogen-bond donors (Lipinski definition) is 2. The lowest BCUT2D eigenvalue weighted by Gasteiger charge is -2.01. The Bertz CT molecular complexity index is 839. The number of aromatic nitrogens is 2. The molecule has 2 heterocycles. The molecule has 0 atom stereocenters. The van der Waals surface area contributed by atoms with E-state index in [4.69, 9.17) is 9.63 Å². The lowest BCUT2D eigenvalue weighted by molar-refractivity contribution is -0.120. The number of para-hydroxylation sites is 1. The molecule has 0 bridgehead atoms. The summed E-state index contributed by atoms with van der Waals surface area (Å²) in [6.45, 7) is 0.187. The van der Waals surface area contributed by atoms with Gasteiger partial charge in [-0.05, 0) is 12.1 Å². The number of benzene rings is 1. The van der Waals surface area contributed by atoms with Gasteiger partial charge < -0.3 is 14.9 Å². The minimum absolute atomic E-state index is 0.0169. The summed E-state index contributed by atoms with van der Waals surface area (Å²) in [6, 6.07) is 7.31. The molecule has 0 spiro atoms. The molecular formula is C14H11N3O4S. The Hall–Kier alpha value is -2.74. The zero-order valence-corrected chi connectivity index (χ0v) is 12.1. The number of aromatic carboxylic acids is 1. The van der Waals surface area contributed by atoms with Gasteiger partial charge in [-0.2, -0.15) is 0 Å². The maximum Gasteiger partial charge on any atom is 0.355 e. The van der Waals surface area contributed by atoms with Crippen molar-refractivity contribution in [3.05, 3.63) is 46.0 Å². The van der Waals surface area contributed by atoms with Crippen LogP contribution < -0.4 is 5.32 Å². The molecule has 3 rings (SSSR count). The van der Waals surface area contributed by atoms with Crippen LogP contribution in [0.4, 0.5) is 0 Å². The number of nitrogens with one attached hydrogen (secondary N) is 1. The highest BCUT2D eigenvalue weighted by atomic mass is 32.1. The first-order valence-electron chi connectivity index (χ1n) is 6.41. The number of hydrogen-bond acceptors (Lipinski definition) is 6. The smallest absolute Gasteiger partial charge is 0.355 e. The van der Waals surface area contributed by atoms with Gasteiger partial charge in [0, 0.05) is 10.8 Å². The predicted octanol–water partition coefficient (Wildman–Crippen LogP) is 1.84. The van der Waals surface area contributed by atoms with Gasteiger partial charge in [-0.25, -0.2) is 9.78 Å². The molecular weight excluding hydrogens is 306 g/mol. The zero-order valence-electron chi connectivity index (χ0n) is 11.3. The molecule has 2 aromatic heterocycles. The van der Waals surface area contributed by atoms with E-state index in [0.717, 1.165) is 5.39 Å². The van der Waals surface area contributed by atoms with Crippen molar-refractivity contribution in [1.29, 1.82) is 0 Å². The minimum atomic E-state index is -1.08. The number of thiazole rings is 1. The Morgan fingerprint density at radius 3 is 2.91 bits per heavy atom. The fourth-order valence-corrected chi connectivity index (χ4v) is 2.65. The highest BCUT2D eigenvalue weighted by Crippen LogP contribution is 2.18. The fraction of sp³-hybridized carbons (Fsp3) is 0.143. The van der Waals surface area contributed by atoms with Crippen LogP contribution in [0, 0.1) is 0 Å². The van der Waals surface area contributed by atoms with Crippen molar-refractivity contribution in [1.82, 2.24) is 15.5 Å². The van der Waals surface area contributed by atoms with Gasteiger partial charge in [-0.1, -0.05) is 17.3 Å². The molecule has 112 valence electrons. The van der Waals surface area contributed by atoms with Crippen molar-refractivity contribution >= 4 is 34.2 Å². The first-order valence-corrected chi connectivity index (χ1v) is 7.29. The third-order valence-corrected chi connectivity index (χ3v) is 3.84. The van der Waals surface area contributed by atoms with Gasteiger partial charge in [0.25, 0.3) is 0 Å². The molecule has 3 aromatic rings. The van der Waals surface area contributed by atoms with Crippen molar-refractivity contribution in [2.24, 2.45) is 0 Å². The lowest BCUT2D eigenvalue weighted by Crippen LogP contribution is -2.24. The van der Waals surface area contributed by atoms with Crippen LogP contribution in [0.15, 0.2) is 34.2 Å². The van der Waals surface area contributed by atoms with Crippen molar-refractivity contribution in [2.45, 2.75) is 13.0 Å². The highest BCUT2D eigenvalue weighted by molar-refractivity contribution is 7.09. The maximum atomic E-state index is 11.9. The van der Waals surface area contributed by atoms with Crippen LogP contribution >= 0.6 is 11.3 Å². The van der Waals surface area contributed by atoms with Crippen LogP contribution in [0.5, 0.6) is 0 Å². The van der Waals surface area contributed by atoms with E-state index in [9.17, 15) is 9.59 Å². The van der Waals surface area contributed by atoms with Gasteiger partial charge >= 0.3 is 5.97 Å². The average Bonchev–Trinajstić information content (AvgIpc) is 3.13. The lowest BCUT2D eigenvalue weighted by atomic mass is 10.1. The molecule has 7 nitrogen and oxygen atoms in total. The van der Waals surface area contributed by atoms with Crippen LogP contribution in [0.25, 0.3) is 11.0 Å². The molecule has 0 aliphatic heterocycles. The first-order chi connectivity index (χ1) is 10.6. The van der Waals surface area contributed by atoms with E-state index in [0.29, 0.717) is 16.3 Å². The van der Waals surface area contributed by atoms with Crippen LogP contribution in [0.1, 0.15) is 21.2 Å². The van der Waals surface area contributed by atoms with Crippen LogP contribution in [0.2, 0.25) is 0 Å². The summed E-state index contributed by atoms with van der Waals surface area (Å²) >= 11 is 1.19. The van der Waals surface area contributed by atoms with Crippen molar-refractivity contribution in [3.63, 3.8) is 0 Å². The SMILES string of the molecule is O=C(Cc1noc2ccccc12)NCc1nc(C(=O)O)cs1. The van der Waals surface area contributed by atoms with Gasteiger partial charge in [-0.3, -0.25) is 4.79 Å². The third kappa shape index (κ3) is 2.96. The van der Waals surface area contributed by atoms with Gasteiger partial charge in [0.2, 0.25) is 5.91 Å². The highest BCUT2D eigenvalue weighted by Gasteiger charge is 2.13. The number of fused-ring (bicyclic) bond motifs is 1.